The van der Waals surface area contributed by atoms with Crippen LogP contribution in [-0.2, 0) is 0 Å². The van der Waals surface area contributed by atoms with Crippen molar-refractivity contribution < 1.29 is 0 Å². The average molecular weight is 169 g/mol. The lowest BCUT2D eigenvalue weighted by atomic mass is 10.1. The zero-order valence-electron chi connectivity index (χ0n) is 8.28. The SMILES string of the molecule is CCCC1(NC(=NC)NC)CC1. The van der Waals surface area contributed by atoms with E-state index in [-0.39, 0.29) is 0 Å². The first-order valence-corrected chi connectivity index (χ1v) is 4.69. The standard InChI is InChI=1S/C9H19N3/c1-4-5-9(6-7-9)12-8(10-2)11-3/h4-7H2,1-3H3,(H2,10,11,12). The van der Waals surface area contributed by atoms with Crippen LogP contribution in [0.2, 0.25) is 0 Å². The summed E-state index contributed by atoms with van der Waals surface area (Å²) >= 11 is 0. The monoisotopic (exact) mass is 169 g/mol. The van der Waals surface area contributed by atoms with Crippen LogP contribution in [0, 0.1) is 0 Å². The number of guanidine groups is 1. The molecule has 12 heavy (non-hydrogen) atoms. The molecule has 0 spiro atoms. The van der Waals surface area contributed by atoms with Crippen LogP contribution in [0.25, 0.3) is 0 Å². The Kier molecular flexibility index (Phi) is 2.95. The summed E-state index contributed by atoms with van der Waals surface area (Å²) in [7, 11) is 3.71. The highest BCUT2D eigenvalue weighted by atomic mass is 15.2. The van der Waals surface area contributed by atoms with Crippen molar-refractivity contribution in [3.8, 4) is 0 Å². The second kappa shape index (κ2) is 3.78. The highest BCUT2D eigenvalue weighted by Gasteiger charge is 2.42. The lowest BCUT2D eigenvalue weighted by molar-refractivity contribution is 0.534. The Balaban J connectivity index is 2.39. The third-order valence-electron chi connectivity index (χ3n) is 2.43. The minimum absolute atomic E-state index is 0.382. The topological polar surface area (TPSA) is 36.4 Å². The lowest BCUT2D eigenvalue weighted by Crippen LogP contribution is -2.43. The highest BCUT2D eigenvalue weighted by Crippen LogP contribution is 2.39. The largest absolute Gasteiger partial charge is 0.359 e. The summed E-state index contributed by atoms with van der Waals surface area (Å²) in [4.78, 5) is 4.11. The van der Waals surface area contributed by atoms with Crippen LogP contribution in [0.5, 0.6) is 0 Å². The Hall–Kier alpha value is -0.730. The summed E-state index contributed by atoms with van der Waals surface area (Å²) < 4.78 is 0. The van der Waals surface area contributed by atoms with Crippen LogP contribution >= 0.6 is 0 Å². The third-order valence-corrected chi connectivity index (χ3v) is 2.43. The number of aliphatic imine (C=N–C) groups is 1. The fourth-order valence-electron chi connectivity index (χ4n) is 1.55. The molecule has 0 aromatic rings. The summed E-state index contributed by atoms with van der Waals surface area (Å²) in [6.45, 7) is 2.23. The maximum Gasteiger partial charge on any atom is 0.191 e. The molecular weight excluding hydrogens is 150 g/mol. The van der Waals surface area contributed by atoms with Gasteiger partial charge in [0.25, 0.3) is 0 Å². The van der Waals surface area contributed by atoms with Gasteiger partial charge in [0.15, 0.2) is 5.96 Å². The summed E-state index contributed by atoms with van der Waals surface area (Å²) in [5.41, 5.74) is 0.382. The highest BCUT2D eigenvalue weighted by molar-refractivity contribution is 5.80. The van der Waals surface area contributed by atoms with E-state index in [1.807, 2.05) is 7.05 Å². The van der Waals surface area contributed by atoms with Crippen LogP contribution in [0.1, 0.15) is 32.6 Å². The minimum atomic E-state index is 0.382. The molecule has 0 unspecified atom stereocenters. The molecule has 2 N–H and O–H groups in total. The van der Waals surface area contributed by atoms with Crippen LogP contribution in [0.3, 0.4) is 0 Å². The Morgan fingerprint density at radius 3 is 2.50 bits per heavy atom. The van der Waals surface area contributed by atoms with E-state index in [0.29, 0.717) is 5.54 Å². The summed E-state index contributed by atoms with van der Waals surface area (Å²) in [6.07, 6.45) is 5.09. The van der Waals surface area contributed by atoms with Crippen LogP contribution in [0.4, 0.5) is 0 Å². The second-order valence-electron chi connectivity index (χ2n) is 3.48. The number of rotatable bonds is 3. The van der Waals surface area contributed by atoms with Crippen molar-refractivity contribution in [2.24, 2.45) is 4.99 Å². The zero-order chi connectivity index (χ0) is 9.03. The minimum Gasteiger partial charge on any atom is -0.359 e. The van der Waals surface area contributed by atoms with Crippen LogP contribution < -0.4 is 10.6 Å². The molecule has 1 aliphatic carbocycles. The molecule has 0 aromatic heterocycles. The fourth-order valence-corrected chi connectivity index (χ4v) is 1.55. The number of hydrogen-bond acceptors (Lipinski definition) is 1. The maximum atomic E-state index is 4.11. The Labute approximate surface area is 74.6 Å². The number of hydrogen-bond donors (Lipinski definition) is 2. The third kappa shape index (κ3) is 2.13. The molecule has 1 rings (SSSR count). The molecular formula is C9H19N3. The van der Waals surface area contributed by atoms with Crippen molar-refractivity contribution in [1.29, 1.82) is 0 Å². The molecule has 0 radical (unpaired) electrons. The van der Waals surface area contributed by atoms with E-state index in [4.69, 9.17) is 0 Å². The van der Waals surface area contributed by atoms with Crippen molar-refractivity contribution in [3.63, 3.8) is 0 Å². The van der Waals surface area contributed by atoms with Gasteiger partial charge < -0.3 is 10.6 Å². The molecule has 70 valence electrons. The lowest BCUT2D eigenvalue weighted by Gasteiger charge is -2.18. The average Bonchev–Trinajstić information content (AvgIpc) is 2.82. The molecule has 1 saturated carbocycles. The molecule has 0 aliphatic heterocycles. The van der Waals surface area contributed by atoms with Crippen molar-refractivity contribution in [3.05, 3.63) is 0 Å². The van der Waals surface area contributed by atoms with E-state index >= 15 is 0 Å². The van der Waals surface area contributed by atoms with Crippen molar-refractivity contribution in [2.45, 2.75) is 38.1 Å². The van der Waals surface area contributed by atoms with Crippen molar-refractivity contribution >= 4 is 5.96 Å². The van der Waals surface area contributed by atoms with E-state index in [9.17, 15) is 0 Å². The Morgan fingerprint density at radius 2 is 2.17 bits per heavy atom. The van der Waals surface area contributed by atoms with Crippen molar-refractivity contribution in [2.75, 3.05) is 14.1 Å². The first kappa shape index (κ1) is 9.36. The van der Waals surface area contributed by atoms with Crippen LogP contribution in [-0.4, -0.2) is 25.6 Å². The quantitative estimate of drug-likeness (QED) is 0.490. The molecule has 0 saturated heterocycles. The first-order valence-electron chi connectivity index (χ1n) is 4.69. The molecule has 3 nitrogen and oxygen atoms in total. The van der Waals surface area contributed by atoms with E-state index in [0.717, 1.165) is 5.96 Å². The van der Waals surface area contributed by atoms with Gasteiger partial charge in [-0.15, -0.1) is 0 Å². The zero-order valence-corrected chi connectivity index (χ0v) is 8.28. The Morgan fingerprint density at radius 1 is 1.50 bits per heavy atom. The van der Waals surface area contributed by atoms with E-state index in [2.05, 4.69) is 22.5 Å². The van der Waals surface area contributed by atoms with E-state index in [1.54, 1.807) is 7.05 Å². The van der Waals surface area contributed by atoms with Gasteiger partial charge >= 0.3 is 0 Å². The predicted molar refractivity (Wildman–Crippen MR) is 52.4 cm³/mol. The molecule has 0 heterocycles. The molecule has 1 aliphatic rings. The van der Waals surface area contributed by atoms with Gasteiger partial charge in [-0.3, -0.25) is 4.99 Å². The molecule has 0 bridgehead atoms. The van der Waals surface area contributed by atoms with Gasteiger partial charge in [-0.25, -0.2) is 0 Å². The summed E-state index contributed by atoms with van der Waals surface area (Å²) in [5.74, 6) is 0.918. The predicted octanol–water partition coefficient (Wildman–Crippen LogP) is 1.11. The summed E-state index contributed by atoms with van der Waals surface area (Å²) in [5, 5.41) is 6.49. The smallest absolute Gasteiger partial charge is 0.191 e. The van der Waals surface area contributed by atoms with E-state index in [1.165, 1.54) is 25.7 Å². The van der Waals surface area contributed by atoms with Gasteiger partial charge in [-0.05, 0) is 19.3 Å². The molecule has 0 aromatic carbocycles. The van der Waals surface area contributed by atoms with Gasteiger partial charge in [0.2, 0.25) is 0 Å². The van der Waals surface area contributed by atoms with Crippen molar-refractivity contribution in [1.82, 2.24) is 10.6 Å². The van der Waals surface area contributed by atoms with Gasteiger partial charge in [-0.2, -0.15) is 0 Å². The molecule has 3 heteroatoms. The van der Waals surface area contributed by atoms with Crippen LogP contribution in [0.15, 0.2) is 4.99 Å². The molecule has 0 amide bonds. The number of nitrogens with one attached hydrogen (secondary N) is 2. The molecule has 0 atom stereocenters. The fraction of sp³-hybridized carbons (Fsp3) is 0.889. The van der Waals surface area contributed by atoms with Gasteiger partial charge in [0, 0.05) is 19.6 Å². The molecule has 1 fully saturated rings. The maximum absolute atomic E-state index is 4.11. The normalized spacial score (nSPS) is 20.4. The first-order chi connectivity index (χ1) is 5.76. The second-order valence-corrected chi connectivity index (χ2v) is 3.48. The Bertz CT molecular complexity index is 171. The number of nitrogens with zero attached hydrogens (tertiary/aromatic N) is 1. The summed E-state index contributed by atoms with van der Waals surface area (Å²) in [6, 6.07) is 0. The van der Waals surface area contributed by atoms with E-state index < -0.39 is 0 Å². The van der Waals surface area contributed by atoms with Gasteiger partial charge in [-0.1, -0.05) is 13.3 Å². The van der Waals surface area contributed by atoms with Gasteiger partial charge in [0.05, 0.1) is 0 Å². The van der Waals surface area contributed by atoms with Gasteiger partial charge in [0.1, 0.15) is 0 Å².